The number of ketones is 2. The molecule has 2 aliphatic heterocycles. The summed E-state index contributed by atoms with van der Waals surface area (Å²) in [6.45, 7) is 0. The van der Waals surface area contributed by atoms with Gasteiger partial charge in [-0.05, 0) is 55.7 Å². The van der Waals surface area contributed by atoms with Crippen molar-refractivity contribution < 1.29 is 43.7 Å². The van der Waals surface area contributed by atoms with E-state index < -0.39 is 29.8 Å². The van der Waals surface area contributed by atoms with E-state index in [0.717, 1.165) is 0 Å². The van der Waals surface area contributed by atoms with Crippen LogP contribution in [0.2, 0.25) is 10.0 Å². The van der Waals surface area contributed by atoms with Gasteiger partial charge in [-0.15, -0.1) is 0 Å². The van der Waals surface area contributed by atoms with Crippen LogP contribution in [-0.2, 0) is 9.59 Å². The summed E-state index contributed by atoms with van der Waals surface area (Å²) >= 11 is 11.6. The van der Waals surface area contributed by atoms with E-state index in [1.54, 1.807) is 18.2 Å². The lowest BCUT2D eigenvalue weighted by atomic mass is 9.44. The number of aliphatic carboxylic acids is 1. The number of carbonyl (C=O) groups excluding carboxylic acids is 3. The van der Waals surface area contributed by atoms with E-state index >= 15 is 0 Å². The standard InChI is InChI=1S/C16H15ClN2O5.C10H7ClO4/c17-8-1-2-11-9(3-8)10(20)4-12(24-11)13(21)18-15-5-16(6-15,7-15)19-14(22)23;11-5-1-2-8-6(3-5)7(12)4-9(15-8)10(13)14/h1-3,12,19H,4-7H2,(H,18,21)(H,22,23);1-3,9H,4H2,(H,13,14). The molecule has 7 rings (SSSR count). The molecule has 2 bridgehead atoms. The summed E-state index contributed by atoms with van der Waals surface area (Å²) in [6, 6.07) is 9.27. The second-order valence-electron chi connectivity index (χ2n) is 10.1. The van der Waals surface area contributed by atoms with Crippen molar-refractivity contribution in [2.45, 2.75) is 55.4 Å². The van der Waals surface area contributed by atoms with Crippen molar-refractivity contribution in [3.8, 4) is 11.5 Å². The maximum absolute atomic E-state index is 12.4. The van der Waals surface area contributed by atoms with Crippen LogP contribution in [0.1, 0.15) is 52.8 Å². The van der Waals surface area contributed by atoms with E-state index in [-0.39, 0.29) is 41.6 Å². The molecule has 3 fully saturated rings. The van der Waals surface area contributed by atoms with E-state index in [1.807, 2.05) is 0 Å². The highest BCUT2D eigenvalue weighted by Crippen LogP contribution is 2.60. The summed E-state index contributed by atoms with van der Waals surface area (Å²) < 4.78 is 10.8. The van der Waals surface area contributed by atoms with Gasteiger partial charge in [0.05, 0.1) is 29.5 Å². The fourth-order valence-corrected chi connectivity index (χ4v) is 5.84. The molecule has 4 N–H and O–H groups in total. The quantitative estimate of drug-likeness (QED) is 0.425. The Balaban J connectivity index is 0.000000177. The van der Waals surface area contributed by atoms with Gasteiger partial charge in [0.15, 0.2) is 17.7 Å². The van der Waals surface area contributed by atoms with Crippen LogP contribution in [0.4, 0.5) is 4.79 Å². The SMILES string of the molecule is O=C(O)NC12CC(NC(=O)C3CC(=O)c4cc(Cl)ccc4O3)(C1)C2.O=C1CC(C(=O)O)Oc2ccc(Cl)cc21. The van der Waals surface area contributed by atoms with Gasteiger partial charge in [-0.2, -0.15) is 0 Å². The molecule has 2 aromatic carbocycles. The average molecular weight is 577 g/mol. The van der Waals surface area contributed by atoms with Crippen LogP contribution >= 0.6 is 23.2 Å². The number of benzene rings is 2. The van der Waals surface area contributed by atoms with Crippen LogP contribution < -0.4 is 20.1 Å². The van der Waals surface area contributed by atoms with Gasteiger partial charge in [-0.3, -0.25) is 14.4 Å². The van der Waals surface area contributed by atoms with Crippen molar-refractivity contribution in [1.29, 1.82) is 0 Å². The third kappa shape index (κ3) is 5.24. The smallest absolute Gasteiger partial charge is 0.405 e. The fraction of sp³-hybridized carbons (Fsp3) is 0.346. The Kier molecular flexibility index (Phi) is 6.68. The molecular weight excluding hydrogens is 555 g/mol. The number of hydrogen-bond donors (Lipinski definition) is 4. The number of rotatable bonds is 4. The van der Waals surface area contributed by atoms with Crippen molar-refractivity contribution in [2.24, 2.45) is 0 Å². The van der Waals surface area contributed by atoms with Crippen LogP contribution in [0, 0.1) is 0 Å². The normalized spacial score (nSPS) is 27.4. The van der Waals surface area contributed by atoms with Crippen LogP contribution in [0.5, 0.6) is 11.5 Å². The Bertz CT molecular complexity index is 1410. The largest absolute Gasteiger partial charge is 0.479 e. The van der Waals surface area contributed by atoms with Gasteiger partial charge in [0, 0.05) is 15.6 Å². The number of Topliss-reactive ketones (excluding diaryl/α,β-unsaturated/α-hetero) is 2. The Labute approximate surface area is 231 Å². The third-order valence-electron chi connectivity index (χ3n) is 7.12. The van der Waals surface area contributed by atoms with Gasteiger partial charge in [-0.1, -0.05) is 23.2 Å². The van der Waals surface area contributed by atoms with Gasteiger partial charge < -0.3 is 30.3 Å². The maximum Gasteiger partial charge on any atom is 0.405 e. The molecule has 2 atom stereocenters. The molecule has 3 aliphatic carbocycles. The topological polar surface area (TPSA) is 168 Å². The Hall–Kier alpha value is -3.83. The summed E-state index contributed by atoms with van der Waals surface area (Å²) in [5.74, 6) is -1.27. The summed E-state index contributed by atoms with van der Waals surface area (Å²) in [5, 5.41) is 23.8. The first-order valence-corrected chi connectivity index (χ1v) is 12.7. The fourth-order valence-electron chi connectivity index (χ4n) is 5.50. The molecule has 39 heavy (non-hydrogen) atoms. The number of carboxylic acid groups (broad SMARTS) is 2. The minimum Gasteiger partial charge on any atom is -0.479 e. The molecular formula is C26H22Cl2N2O9. The number of carboxylic acids is 1. The minimum atomic E-state index is -1.14. The molecule has 0 saturated heterocycles. The number of amides is 2. The van der Waals surface area contributed by atoms with Crippen molar-refractivity contribution in [1.82, 2.24) is 10.6 Å². The summed E-state index contributed by atoms with van der Waals surface area (Å²) in [5.41, 5.74) is -0.0283. The Morgan fingerprint density at radius 1 is 0.769 bits per heavy atom. The zero-order chi connectivity index (χ0) is 28.1. The van der Waals surface area contributed by atoms with Crippen LogP contribution in [0.3, 0.4) is 0 Å². The molecule has 0 radical (unpaired) electrons. The van der Waals surface area contributed by atoms with Crippen LogP contribution in [0.15, 0.2) is 36.4 Å². The second kappa shape index (κ2) is 9.73. The minimum absolute atomic E-state index is 0.0340. The van der Waals surface area contributed by atoms with Gasteiger partial charge in [-0.25, -0.2) is 9.59 Å². The molecule has 2 heterocycles. The summed E-state index contributed by atoms with van der Waals surface area (Å²) in [4.78, 5) is 57.6. The average Bonchev–Trinajstić information content (AvgIpc) is 2.82. The molecule has 0 aromatic heterocycles. The highest BCUT2D eigenvalue weighted by molar-refractivity contribution is 6.31. The van der Waals surface area contributed by atoms with E-state index in [4.69, 9.17) is 42.9 Å². The zero-order valence-corrected chi connectivity index (χ0v) is 21.7. The predicted molar refractivity (Wildman–Crippen MR) is 136 cm³/mol. The van der Waals surface area contributed by atoms with Gasteiger partial charge in [0.25, 0.3) is 5.91 Å². The predicted octanol–water partition coefficient (Wildman–Crippen LogP) is 3.49. The van der Waals surface area contributed by atoms with E-state index in [1.165, 1.54) is 18.2 Å². The third-order valence-corrected chi connectivity index (χ3v) is 7.59. The van der Waals surface area contributed by atoms with Crippen LogP contribution in [0.25, 0.3) is 0 Å². The van der Waals surface area contributed by atoms with Gasteiger partial charge in [0.2, 0.25) is 6.10 Å². The lowest BCUT2D eigenvalue weighted by Gasteiger charge is -2.70. The highest BCUT2D eigenvalue weighted by atomic mass is 35.5. The summed E-state index contributed by atoms with van der Waals surface area (Å²) in [7, 11) is 0. The van der Waals surface area contributed by atoms with Crippen molar-refractivity contribution in [2.75, 3.05) is 0 Å². The van der Waals surface area contributed by atoms with E-state index in [9.17, 15) is 24.0 Å². The molecule has 3 saturated carbocycles. The number of nitrogens with one attached hydrogen (secondary N) is 2. The molecule has 13 heteroatoms. The number of ether oxygens (including phenoxy) is 2. The molecule has 204 valence electrons. The number of carbonyl (C=O) groups is 5. The Morgan fingerprint density at radius 2 is 1.23 bits per heavy atom. The van der Waals surface area contributed by atoms with E-state index in [0.29, 0.717) is 46.2 Å². The first kappa shape index (κ1) is 26.8. The summed E-state index contributed by atoms with van der Waals surface area (Å²) in [6.07, 6.45) is -1.47. The zero-order valence-electron chi connectivity index (χ0n) is 20.2. The lowest BCUT2D eigenvalue weighted by Crippen LogP contribution is -2.84. The number of hydrogen-bond acceptors (Lipinski definition) is 7. The second-order valence-corrected chi connectivity index (χ2v) is 11.0. The van der Waals surface area contributed by atoms with Crippen LogP contribution in [-0.4, -0.2) is 63.0 Å². The maximum atomic E-state index is 12.4. The monoisotopic (exact) mass is 576 g/mol. The molecule has 11 nitrogen and oxygen atoms in total. The van der Waals surface area contributed by atoms with E-state index in [2.05, 4.69) is 10.6 Å². The van der Waals surface area contributed by atoms with Gasteiger partial charge >= 0.3 is 12.1 Å². The molecule has 5 aliphatic rings. The number of halogens is 2. The molecule has 2 unspecified atom stereocenters. The first-order valence-electron chi connectivity index (χ1n) is 11.9. The van der Waals surface area contributed by atoms with Gasteiger partial charge in [0.1, 0.15) is 11.5 Å². The molecule has 2 amide bonds. The molecule has 0 spiro atoms. The van der Waals surface area contributed by atoms with Crippen molar-refractivity contribution >= 4 is 52.7 Å². The van der Waals surface area contributed by atoms with Crippen molar-refractivity contribution in [3.05, 3.63) is 57.6 Å². The Morgan fingerprint density at radius 3 is 1.72 bits per heavy atom. The van der Waals surface area contributed by atoms with Crippen molar-refractivity contribution in [3.63, 3.8) is 0 Å². The lowest BCUT2D eigenvalue weighted by molar-refractivity contribution is -0.146. The number of fused-ring (bicyclic) bond motifs is 2. The molecule has 2 aromatic rings. The first-order chi connectivity index (χ1) is 18.4. The highest BCUT2D eigenvalue weighted by Gasteiger charge is 2.69.